The van der Waals surface area contributed by atoms with Gasteiger partial charge in [-0.25, -0.2) is 14.6 Å². The first-order valence-electron chi connectivity index (χ1n) is 11.8. The Bertz CT molecular complexity index is 2120. The number of benzene rings is 3. The van der Waals surface area contributed by atoms with Crippen LogP contribution < -0.4 is 11.1 Å². The Labute approximate surface area is 231 Å². The van der Waals surface area contributed by atoms with Gasteiger partial charge in [0, 0.05) is 36.8 Å². The largest absolute Gasteiger partial charge is 0.376 e. The minimum absolute atomic E-state index is 0.0925. The predicted octanol–water partition coefficient (Wildman–Crippen LogP) is 7.03. The number of nitrogens with two attached hydrogens (primary N) is 1. The second-order valence-corrected chi connectivity index (χ2v) is 10.8. The van der Waals surface area contributed by atoms with Gasteiger partial charge in [0.05, 0.1) is 11.1 Å². The van der Waals surface area contributed by atoms with E-state index >= 15 is 0 Å². The van der Waals surface area contributed by atoms with Gasteiger partial charge in [0.1, 0.15) is 5.82 Å². The third kappa shape index (κ3) is 3.57. The van der Waals surface area contributed by atoms with Gasteiger partial charge in [0.2, 0.25) is 4.77 Å². The van der Waals surface area contributed by atoms with E-state index in [0.717, 1.165) is 33.5 Å². The van der Waals surface area contributed by atoms with Gasteiger partial charge in [-0.3, -0.25) is 5.10 Å². The van der Waals surface area contributed by atoms with Gasteiger partial charge in [0.25, 0.3) is 0 Å². The van der Waals surface area contributed by atoms with Gasteiger partial charge in [-0.15, -0.1) is 11.3 Å². The second kappa shape index (κ2) is 8.66. The Kier molecular flexibility index (Phi) is 5.22. The molecule has 184 valence electrons. The molecule has 10 heteroatoms. The Hall–Kier alpha value is -4.25. The van der Waals surface area contributed by atoms with Gasteiger partial charge in [-0.1, -0.05) is 42.5 Å². The van der Waals surface area contributed by atoms with Crippen molar-refractivity contribution < 1.29 is 0 Å². The van der Waals surface area contributed by atoms with Gasteiger partial charge in [-0.2, -0.15) is 4.98 Å². The molecule has 0 aliphatic carbocycles. The number of thiophene rings is 1. The molecule has 0 unspecified atom stereocenters. The van der Waals surface area contributed by atoms with Crippen molar-refractivity contribution in [2.45, 2.75) is 6.92 Å². The number of hydrogen-bond acceptors (Lipinski definition) is 6. The van der Waals surface area contributed by atoms with E-state index in [2.05, 4.69) is 62.8 Å². The predicted molar refractivity (Wildman–Crippen MR) is 163 cm³/mol. The summed E-state index contributed by atoms with van der Waals surface area (Å²) in [5.74, 6) is 0.444. The Balaban J connectivity index is 1.66. The molecule has 4 heterocycles. The number of hydrogen-bond donors (Lipinski definition) is 3. The average Bonchev–Trinajstić information content (AvgIpc) is 3.44. The fourth-order valence-electron chi connectivity index (χ4n) is 5.07. The van der Waals surface area contributed by atoms with Crippen LogP contribution in [-0.4, -0.2) is 29.8 Å². The van der Waals surface area contributed by atoms with E-state index in [0.29, 0.717) is 16.9 Å². The molecule has 7 rings (SSSR count). The summed E-state index contributed by atoms with van der Waals surface area (Å²) < 4.78 is 4.60. The lowest BCUT2D eigenvalue weighted by Crippen LogP contribution is -2.20. The summed E-state index contributed by atoms with van der Waals surface area (Å²) in [6, 6.07) is 25.0. The molecule has 0 spiro atoms. The monoisotopic (exact) mass is 549 g/mol. The molecule has 0 aliphatic heterocycles. The molecule has 7 aromatic rings. The van der Waals surface area contributed by atoms with Gasteiger partial charge in [0.15, 0.2) is 16.4 Å². The Morgan fingerprint density at radius 3 is 2.50 bits per heavy atom. The molecule has 0 saturated carbocycles. The first-order chi connectivity index (χ1) is 18.5. The molecule has 0 radical (unpaired) electrons. The topological polar surface area (TPSA) is 97.4 Å². The van der Waals surface area contributed by atoms with Crippen molar-refractivity contribution in [2.75, 3.05) is 5.32 Å². The molecule has 38 heavy (non-hydrogen) atoms. The van der Waals surface area contributed by atoms with Crippen molar-refractivity contribution in [2.24, 2.45) is 5.73 Å². The number of aromatic nitrogens is 5. The molecular formula is C28H19N7S3. The van der Waals surface area contributed by atoms with Crippen molar-refractivity contribution in [1.29, 1.82) is 0 Å². The highest BCUT2D eigenvalue weighted by molar-refractivity contribution is 7.80. The highest BCUT2D eigenvalue weighted by Gasteiger charge is 2.23. The first-order valence-corrected chi connectivity index (χ1v) is 13.5. The van der Waals surface area contributed by atoms with Crippen LogP contribution in [0.5, 0.6) is 0 Å². The molecule has 0 saturated heterocycles. The number of fused-ring (bicyclic) bond motifs is 5. The normalized spacial score (nSPS) is 11.6. The van der Waals surface area contributed by atoms with Gasteiger partial charge < -0.3 is 11.1 Å². The molecular weight excluding hydrogens is 531 g/mol. The number of para-hydroxylation sites is 1. The lowest BCUT2D eigenvalue weighted by atomic mass is 9.97. The molecule has 0 fully saturated rings. The van der Waals surface area contributed by atoms with Crippen molar-refractivity contribution in [3.8, 4) is 16.8 Å². The number of nitrogens with one attached hydrogen (secondary N) is 2. The molecule has 3 aromatic carbocycles. The SMILES string of the molecule is Cc1[nH]n(-c2ccccc2)c2nc3nc(=S)nc(NC(N)=S)c3c(-c3ccc4sc5ccccc5c4c3)c12. The molecule has 0 amide bonds. The fraction of sp³-hybridized carbons (Fsp3) is 0.0357. The van der Waals surface area contributed by atoms with E-state index in [9.17, 15) is 0 Å². The summed E-state index contributed by atoms with van der Waals surface area (Å²) in [4.78, 5) is 14.1. The minimum atomic E-state index is 0.0925. The van der Waals surface area contributed by atoms with Crippen LogP contribution in [0.3, 0.4) is 0 Å². The Morgan fingerprint density at radius 1 is 0.921 bits per heavy atom. The number of thiocarbonyl (C=S) groups is 1. The number of pyridine rings is 1. The van der Waals surface area contributed by atoms with Crippen LogP contribution in [-0.2, 0) is 0 Å². The van der Waals surface area contributed by atoms with Crippen molar-refractivity contribution in [3.63, 3.8) is 0 Å². The zero-order valence-electron chi connectivity index (χ0n) is 20.0. The fourth-order valence-corrected chi connectivity index (χ4v) is 6.43. The number of aromatic amines is 1. The number of H-pyrrole nitrogens is 1. The van der Waals surface area contributed by atoms with Gasteiger partial charge in [-0.05, 0) is 67.3 Å². The van der Waals surface area contributed by atoms with Crippen molar-refractivity contribution in [1.82, 2.24) is 24.7 Å². The van der Waals surface area contributed by atoms with E-state index < -0.39 is 0 Å². The number of anilines is 1. The van der Waals surface area contributed by atoms with Crippen LogP contribution in [0, 0.1) is 11.7 Å². The maximum Gasteiger partial charge on any atom is 0.223 e. The average molecular weight is 550 g/mol. The first kappa shape index (κ1) is 22.9. The third-order valence-corrected chi connectivity index (χ3v) is 8.03. The third-order valence-electron chi connectivity index (χ3n) is 6.59. The summed E-state index contributed by atoms with van der Waals surface area (Å²) >= 11 is 12.4. The van der Waals surface area contributed by atoms with Gasteiger partial charge >= 0.3 is 0 Å². The lowest BCUT2D eigenvalue weighted by Gasteiger charge is -2.14. The summed E-state index contributed by atoms with van der Waals surface area (Å²) in [6.45, 7) is 2.04. The summed E-state index contributed by atoms with van der Waals surface area (Å²) in [5, 5.41) is 10.7. The van der Waals surface area contributed by atoms with E-state index in [1.54, 1.807) is 11.3 Å². The molecule has 4 aromatic heterocycles. The summed E-state index contributed by atoms with van der Waals surface area (Å²) in [7, 11) is 0. The number of nitrogens with zero attached hydrogens (tertiary/aromatic N) is 4. The maximum absolute atomic E-state index is 5.90. The van der Waals surface area contributed by atoms with Crippen molar-refractivity contribution in [3.05, 3.63) is 83.3 Å². The highest BCUT2D eigenvalue weighted by atomic mass is 32.1. The zero-order chi connectivity index (χ0) is 26.0. The highest BCUT2D eigenvalue weighted by Crippen LogP contribution is 2.42. The van der Waals surface area contributed by atoms with Crippen LogP contribution in [0.1, 0.15) is 5.69 Å². The molecule has 0 bridgehead atoms. The lowest BCUT2D eigenvalue weighted by molar-refractivity contribution is 0.878. The summed E-state index contributed by atoms with van der Waals surface area (Å²) in [5.41, 5.74) is 10.9. The quantitative estimate of drug-likeness (QED) is 0.204. The van der Waals surface area contributed by atoms with E-state index in [1.807, 2.05) is 41.9 Å². The van der Waals surface area contributed by atoms with E-state index in [4.69, 9.17) is 35.2 Å². The number of aryl methyl sites for hydroxylation is 1. The molecule has 0 atom stereocenters. The van der Waals surface area contributed by atoms with Crippen LogP contribution in [0.4, 0.5) is 5.82 Å². The van der Waals surface area contributed by atoms with E-state index in [-0.39, 0.29) is 9.88 Å². The molecule has 4 N–H and O–H groups in total. The van der Waals surface area contributed by atoms with E-state index in [1.165, 1.54) is 20.2 Å². The standard InChI is InChI=1S/C28H19N7S3/c1-14-21-22(15-11-12-20-18(13-15)17-9-5-6-10-19(17)38-20)23-24(32-28(37)33-25(23)31-27(29)36)30-26(21)35(34-14)16-7-3-2-4-8-16/h2-13,34H,1H3,(H3,29,31,33,36,37). The number of rotatable bonds is 3. The van der Waals surface area contributed by atoms with Crippen molar-refractivity contribution >= 4 is 88.9 Å². The maximum atomic E-state index is 5.90. The summed E-state index contributed by atoms with van der Waals surface area (Å²) in [6.07, 6.45) is 0. The Morgan fingerprint density at radius 2 is 1.68 bits per heavy atom. The van der Waals surface area contributed by atoms with Crippen LogP contribution in [0.25, 0.3) is 59.1 Å². The molecule has 7 nitrogen and oxygen atoms in total. The van der Waals surface area contributed by atoms with Crippen LogP contribution in [0.2, 0.25) is 0 Å². The minimum Gasteiger partial charge on any atom is -0.376 e. The second-order valence-electron chi connectivity index (χ2n) is 8.94. The zero-order valence-corrected chi connectivity index (χ0v) is 22.5. The smallest absolute Gasteiger partial charge is 0.223 e. The van der Waals surface area contributed by atoms with Crippen LogP contribution >= 0.6 is 35.8 Å². The molecule has 0 aliphatic rings. The van der Waals surface area contributed by atoms with Crippen LogP contribution in [0.15, 0.2) is 72.8 Å².